The van der Waals surface area contributed by atoms with Crippen molar-refractivity contribution in [1.29, 1.82) is 0 Å². The van der Waals surface area contributed by atoms with Crippen LogP contribution in [0.1, 0.15) is 155 Å². The van der Waals surface area contributed by atoms with Crippen molar-refractivity contribution in [2.45, 2.75) is 143 Å². The monoisotopic (exact) mass is 993 g/mol. The first-order chi connectivity index (χ1) is 35.7. The number of hydrogen-bond acceptors (Lipinski definition) is 2. The molecular formula is C74H76N2. The summed E-state index contributed by atoms with van der Waals surface area (Å²) in [5.41, 5.74) is 23.1. The third-order valence-electron chi connectivity index (χ3n) is 17.6. The molecule has 0 amide bonds. The summed E-state index contributed by atoms with van der Waals surface area (Å²) < 4.78 is 0. The van der Waals surface area contributed by atoms with E-state index >= 15 is 0 Å². The lowest BCUT2D eigenvalue weighted by Gasteiger charge is -2.29. The van der Waals surface area contributed by atoms with E-state index in [0.29, 0.717) is 0 Å². The summed E-state index contributed by atoms with van der Waals surface area (Å²) in [7, 11) is 0. The van der Waals surface area contributed by atoms with Gasteiger partial charge in [0.15, 0.2) is 0 Å². The van der Waals surface area contributed by atoms with Gasteiger partial charge in [-0.2, -0.15) is 0 Å². The normalized spacial score (nSPS) is 14.8. The Labute approximate surface area is 453 Å². The highest BCUT2D eigenvalue weighted by molar-refractivity contribution is 6.29. The number of nitrogens with zero attached hydrogens (tertiary/aromatic N) is 2. The van der Waals surface area contributed by atoms with E-state index in [1.807, 2.05) is 0 Å². The van der Waals surface area contributed by atoms with E-state index in [-0.39, 0.29) is 32.5 Å². The zero-order valence-electron chi connectivity index (χ0n) is 48.1. The van der Waals surface area contributed by atoms with Gasteiger partial charge in [-0.1, -0.05) is 196 Å². The predicted molar refractivity (Wildman–Crippen MR) is 329 cm³/mol. The predicted octanol–water partition coefficient (Wildman–Crippen LogP) is 21.3. The Morgan fingerprint density at radius 1 is 0.276 bits per heavy atom. The van der Waals surface area contributed by atoms with Gasteiger partial charge in [0, 0.05) is 45.0 Å². The van der Waals surface area contributed by atoms with Crippen molar-refractivity contribution in [3.05, 3.63) is 214 Å². The molecule has 0 aliphatic heterocycles. The maximum absolute atomic E-state index is 2.53. The van der Waals surface area contributed by atoms with E-state index in [9.17, 15) is 0 Å². The minimum absolute atomic E-state index is 0.0689. The lowest BCUT2D eigenvalue weighted by atomic mass is 9.79. The molecule has 0 spiro atoms. The van der Waals surface area contributed by atoms with Crippen molar-refractivity contribution < 1.29 is 0 Å². The van der Waals surface area contributed by atoms with Crippen LogP contribution in [0.2, 0.25) is 0 Å². The third kappa shape index (κ3) is 7.79. The van der Waals surface area contributed by atoms with E-state index in [1.165, 1.54) is 110 Å². The third-order valence-corrected chi connectivity index (χ3v) is 17.6. The Balaban J connectivity index is 0.989. The molecular weight excluding hydrogens is 917 g/mol. The van der Waals surface area contributed by atoms with Gasteiger partial charge in [-0.3, -0.25) is 0 Å². The average Bonchev–Trinajstić information content (AvgIpc) is 3.79. The smallest absolute Gasteiger partial charge is 0.0465 e. The summed E-state index contributed by atoms with van der Waals surface area (Å²) in [6, 6.07) is 66.2. The summed E-state index contributed by atoms with van der Waals surface area (Å²) >= 11 is 0. The first-order valence-electron chi connectivity index (χ1n) is 27.8. The SMILES string of the molecule is CC(C)(C)c1ccc(N(c2ccc(C(C)(C)C)cc2)c2ccc3c(c2)C(C)(C)c2cc4ccc5c6c(cc7ccc(c2-3)c4c75)C(C)(C)c2cc(N(c3ccc(C(C)(C)C)cc3)c3ccc(C(C)(C)C)cc3)ccc2-6)cc1. The second-order valence-electron chi connectivity index (χ2n) is 27.6. The van der Waals surface area contributed by atoms with Gasteiger partial charge >= 0.3 is 0 Å². The highest BCUT2D eigenvalue weighted by Gasteiger charge is 2.41. The van der Waals surface area contributed by atoms with Gasteiger partial charge in [0.2, 0.25) is 0 Å². The number of benzene rings is 10. The maximum atomic E-state index is 2.53. The van der Waals surface area contributed by atoms with Gasteiger partial charge in [0.05, 0.1) is 0 Å². The van der Waals surface area contributed by atoms with Crippen LogP contribution >= 0.6 is 0 Å². The summed E-state index contributed by atoms with van der Waals surface area (Å²) in [6.45, 7) is 37.2. The van der Waals surface area contributed by atoms with E-state index in [4.69, 9.17) is 0 Å². The number of anilines is 6. The standard InChI is InChI=1S/C74H76N2/c1-69(2,3)47-19-27-51(28-20-47)75(52-29-21-48(22-30-52)70(4,5)6)55-35-39-57-61(43-55)73(13,14)63-41-45-18-38-60-66-46(17-37-59(65(45)66)67(57)63)42-64-68(60)58-40-36-56(44-62(58)74(64,15)16)76(53-31-23-49(24-32-53)71(7,8)9)54-33-25-50(26-34-54)72(10,11)12/h17-44H,1-16H3. The van der Waals surface area contributed by atoms with Crippen molar-refractivity contribution in [3.8, 4) is 22.3 Å². The Kier molecular flexibility index (Phi) is 10.9. The summed E-state index contributed by atoms with van der Waals surface area (Å²) in [4.78, 5) is 4.90. The molecule has 0 fully saturated rings. The minimum atomic E-state index is -0.220. The van der Waals surface area contributed by atoms with Crippen LogP contribution in [0.25, 0.3) is 54.6 Å². The lowest BCUT2D eigenvalue weighted by Crippen LogP contribution is -2.17. The van der Waals surface area contributed by atoms with Gasteiger partial charge in [0.1, 0.15) is 0 Å². The van der Waals surface area contributed by atoms with Crippen LogP contribution in [0.4, 0.5) is 34.1 Å². The minimum Gasteiger partial charge on any atom is -0.310 e. The molecule has 0 heterocycles. The number of hydrogen-bond donors (Lipinski definition) is 0. The Morgan fingerprint density at radius 3 is 0.803 bits per heavy atom. The van der Waals surface area contributed by atoms with E-state index in [2.05, 4.69) is 290 Å². The van der Waals surface area contributed by atoms with Gasteiger partial charge in [-0.25, -0.2) is 0 Å². The molecule has 10 aromatic carbocycles. The van der Waals surface area contributed by atoms with Crippen molar-refractivity contribution in [3.63, 3.8) is 0 Å². The molecule has 382 valence electrons. The van der Waals surface area contributed by atoms with Crippen molar-refractivity contribution >= 4 is 66.4 Å². The summed E-state index contributed by atoms with van der Waals surface area (Å²) in [5, 5.41) is 8.05. The molecule has 2 aliphatic carbocycles. The van der Waals surface area contributed by atoms with Gasteiger partial charge < -0.3 is 9.80 Å². The zero-order chi connectivity index (χ0) is 53.8. The lowest BCUT2D eigenvalue weighted by molar-refractivity contribution is 0.590. The fraction of sp³-hybridized carbons (Fsp3) is 0.297. The van der Waals surface area contributed by atoms with Crippen LogP contribution < -0.4 is 9.80 Å². The molecule has 0 radical (unpaired) electrons. The zero-order valence-corrected chi connectivity index (χ0v) is 48.1. The van der Waals surface area contributed by atoms with Gasteiger partial charge in [-0.15, -0.1) is 0 Å². The molecule has 0 bridgehead atoms. The molecule has 0 N–H and O–H groups in total. The maximum Gasteiger partial charge on any atom is 0.0465 e. The van der Waals surface area contributed by atoms with Crippen LogP contribution in [0.3, 0.4) is 0 Å². The molecule has 2 nitrogen and oxygen atoms in total. The average molecular weight is 993 g/mol. The first-order valence-corrected chi connectivity index (χ1v) is 27.8. The van der Waals surface area contributed by atoms with Crippen molar-refractivity contribution in [1.82, 2.24) is 0 Å². The highest BCUT2D eigenvalue weighted by Crippen LogP contribution is 2.58. The van der Waals surface area contributed by atoms with Crippen LogP contribution in [0.15, 0.2) is 170 Å². The van der Waals surface area contributed by atoms with Crippen molar-refractivity contribution in [2.24, 2.45) is 0 Å². The molecule has 0 aromatic heterocycles. The number of fused-ring (bicyclic) bond motifs is 8. The molecule has 0 saturated carbocycles. The topological polar surface area (TPSA) is 6.48 Å². The second kappa shape index (κ2) is 16.7. The van der Waals surface area contributed by atoms with Gasteiger partial charge in [-0.05, 0) is 206 Å². The molecule has 0 saturated heterocycles. The molecule has 76 heavy (non-hydrogen) atoms. The quantitative estimate of drug-likeness (QED) is 0.153. The molecule has 2 heteroatoms. The second-order valence-corrected chi connectivity index (χ2v) is 27.6. The van der Waals surface area contributed by atoms with Crippen LogP contribution in [-0.4, -0.2) is 0 Å². The van der Waals surface area contributed by atoms with E-state index in [0.717, 1.165) is 22.7 Å². The number of rotatable bonds is 6. The highest BCUT2D eigenvalue weighted by atomic mass is 15.1. The Bertz CT molecular complexity index is 3540. The first kappa shape index (κ1) is 49.7. The van der Waals surface area contributed by atoms with Crippen LogP contribution in [-0.2, 0) is 32.5 Å². The Hall–Kier alpha value is -7.16. The molecule has 2 aliphatic rings. The Morgan fingerprint density at radius 2 is 0.539 bits per heavy atom. The molecule has 0 unspecified atom stereocenters. The molecule has 0 atom stereocenters. The van der Waals surface area contributed by atoms with E-state index in [1.54, 1.807) is 0 Å². The fourth-order valence-corrected chi connectivity index (χ4v) is 13.0. The van der Waals surface area contributed by atoms with Crippen LogP contribution in [0.5, 0.6) is 0 Å². The largest absolute Gasteiger partial charge is 0.310 e. The fourth-order valence-electron chi connectivity index (χ4n) is 13.0. The summed E-state index contributed by atoms with van der Waals surface area (Å²) in [5.74, 6) is 0. The molecule has 12 rings (SSSR count). The molecule has 10 aromatic rings. The van der Waals surface area contributed by atoms with Crippen molar-refractivity contribution in [2.75, 3.05) is 9.80 Å². The van der Waals surface area contributed by atoms with Crippen LogP contribution in [0, 0.1) is 0 Å². The van der Waals surface area contributed by atoms with Gasteiger partial charge in [0.25, 0.3) is 0 Å². The summed E-state index contributed by atoms with van der Waals surface area (Å²) in [6.07, 6.45) is 0. The van der Waals surface area contributed by atoms with E-state index < -0.39 is 0 Å².